The Morgan fingerprint density at radius 2 is 1.88 bits per heavy atom. The first-order valence-corrected chi connectivity index (χ1v) is 10.4. The zero-order chi connectivity index (χ0) is 24.1. The number of Topliss-reactive ketones (excluding diaryl/α,β-unsaturated/α-hetero) is 1. The van der Waals surface area contributed by atoms with Crippen molar-refractivity contribution in [2.75, 3.05) is 13.7 Å². The van der Waals surface area contributed by atoms with Gasteiger partial charge >= 0.3 is 6.18 Å². The first-order valence-electron chi connectivity index (χ1n) is 10.4. The second-order valence-corrected chi connectivity index (χ2v) is 9.51. The maximum absolute atomic E-state index is 14.7. The van der Waals surface area contributed by atoms with Crippen LogP contribution in [0.4, 0.5) is 13.2 Å². The van der Waals surface area contributed by atoms with Gasteiger partial charge in [0.2, 0.25) is 5.54 Å². The molecule has 174 valence electrons. The third kappa shape index (κ3) is 3.89. The van der Waals surface area contributed by atoms with E-state index in [1.54, 1.807) is 27.7 Å². The fourth-order valence-electron chi connectivity index (χ4n) is 4.39. The molecule has 3 rings (SSSR count). The number of carbonyl (C=O) groups excluding carboxylic acids is 3. The summed E-state index contributed by atoms with van der Waals surface area (Å²) in [7, 11) is 1.36. The number of rotatable bonds is 5. The summed E-state index contributed by atoms with van der Waals surface area (Å²) in [5.41, 5.74) is -4.76. The lowest BCUT2D eigenvalue weighted by molar-refractivity contribution is -0.190. The maximum Gasteiger partial charge on any atom is 0.425 e. The van der Waals surface area contributed by atoms with Gasteiger partial charge in [0, 0.05) is 24.2 Å². The standard InChI is InChI=1S/C23H27F3N2O4/c1-13(2)12-28-16-10-21(3,4)11-17(29)18(16)22(20(28)31,23(24,25)26)27-19(30)14-7-6-8-15(9-14)32-5/h6-9,13H,10-12H2,1-5H3,(H,27,30)/t22-/m1/s1. The van der Waals surface area contributed by atoms with Crippen LogP contribution in [0.15, 0.2) is 35.5 Å². The Morgan fingerprint density at radius 3 is 2.44 bits per heavy atom. The molecule has 1 aromatic rings. The summed E-state index contributed by atoms with van der Waals surface area (Å²) in [5, 5.41) is 1.92. The SMILES string of the molecule is COc1cccc(C(=O)N[C@@]2(C(F)(F)F)C(=O)N(CC(C)C)C3=C2C(=O)CC(C)(C)C3)c1. The summed E-state index contributed by atoms with van der Waals surface area (Å²) in [5.74, 6) is -3.12. The van der Waals surface area contributed by atoms with Crippen molar-refractivity contribution < 1.29 is 32.3 Å². The molecule has 0 radical (unpaired) electrons. The molecule has 0 saturated carbocycles. The van der Waals surface area contributed by atoms with Crippen LogP contribution in [0.3, 0.4) is 0 Å². The van der Waals surface area contributed by atoms with Crippen LogP contribution in [0.5, 0.6) is 5.75 Å². The maximum atomic E-state index is 14.7. The smallest absolute Gasteiger partial charge is 0.425 e. The van der Waals surface area contributed by atoms with Gasteiger partial charge in [-0.3, -0.25) is 14.4 Å². The number of ether oxygens (including phenoxy) is 1. The lowest BCUT2D eigenvalue weighted by atomic mass is 9.72. The molecule has 1 N–H and O–H groups in total. The van der Waals surface area contributed by atoms with Crippen LogP contribution in [0.1, 0.15) is 50.9 Å². The number of amides is 2. The number of alkyl halides is 3. The number of benzene rings is 1. The molecule has 0 saturated heterocycles. The number of hydrogen-bond donors (Lipinski definition) is 1. The summed E-state index contributed by atoms with van der Waals surface area (Å²) >= 11 is 0. The predicted octanol–water partition coefficient (Wildman–Crippen LogP) is 3.87. The molecule has 6 nitrogen and oxygen atoms in total. The average Bonchev–Trinajstić information content (AvgIpc) is 2.89. The quantitative estimate of drug-likeness (QED) is 0.736. The Morgan fingerprint density at radius 1 is 1.22 bits per heavy atom. The predicted molar refractivity (Wildman–Crippen MR) is 111 cm³/mol. The molecule has 1 heterocycles. The van der Waals surface area contributed by atoms with Crippen LogP contribution in [0.2, 0.25) is 0 Å². The highest BCUT2D eigenvalue weighted by atomic mass is 19.4. The van der Waals surface area contributed by atoms with Crippen molar-refractivity contribution in [1.82, 2.24) is 10.2 Å². The molecule has 9 heteroatoms. The number of halogens is 3. The van der Waals surface area contributed by atoms with Crippen molar-refractivity contribution >= 4 is 17.6 Å². The lowest BCUT2D eigenvalue weighted by Gasteiger charge is -2.35. The van der Waals surface area contributed by atoms with Crippen molar-refractivity contribution in [3.05, 3.63) is 41.1 Å². The van der Waals surface area contributed by atoms with Crippen molar-refractivity contribution in [2.45, 2.75) is 52.3 Å². The van der Waals surface area contributed by atoms with Crippen LogP contribution >= 0.6 is 0 Å². The van der Waals surface area contributed by atoms with Gasteiger partial charge < -0.3 is 15.0 Å². The fourth-order valence-corrected chi connectivity index (χ4v) is 4.39. The molecule has 1 aliphatic carbocycles. The molecule has 0 unspecified atom stereocenters. The molecule has 2 amide bonds. The Kier molecular flexibility index (Phi) is 5.91. The number of nitrogens with zero attached hydrogens (tertiary/aromatic N) is 1. The van der Waals surface area contributed by atoms with Crippen LogP contribution in [-0.2, 0) is 9.59 Å². The number of ketones is 1. The van der Waals surface area contributed by atoms with Crippen molar-refractivity contribution in [1.29, 1.82) is 0 Å². The van der Waals surface area contributed by atoms with Gasteiger partial charge in [-0.15, -0.1) is 0 Å². The third-order valence-electron chi connectivity index (χ3n) is 5.73. The Labute approximate surface area is 184 Å². The molecule has 1 atom stereocenters. The van der Waals surface area contributed by atoms with Gasteiger partial charge in [0.25, 0.3) is 11.8 Å². The minimum Gasteiger partial charge on any atom is -0.497 e. The van der Waals surface area contributed by atoms with E-state index in [2.05, 4.69) is 0 Å². The van der Waals surface area contributed by atoms with Gasteiger partial charge in [-0.1, -0.05) is 33.8 Å². The number of hydrogen-bond acceptors (Lipinski definition) is 4. The average molecular weight is 452 g/mol. The molecule has 0 fully saturated rings. The van der Waals surface area contributed by atoms with E-state index in [1.165, 1.54) is 31.4 Å². The largest absolute Gasteiger partial charge is 0.497 e. The van der Waals surface area contributed by atoms with Crippen LogP contribution in [0, 0.1) is 11.3 Å². The minimum atomic E-state index is -5.22. The molecular weight excluding hydrogens is 425 g/mol. The van der Waals surface area contributed by atoms with E-state index >= 15 is 0 Å². The summed E-state index contributed by atoms with van der Waals surface area (Å²) in [6, 6.07) is 5.57. The first kappa shape index (κ1) is 23.8. The van der Waals surface area contributed by atoms with Crippen LogP contribution in [-0.4, -0.2) is 47.9 Å². The molecule has 0 bridgehead atoms. The summed E-state index contributed by atoms with van der Waals surface area (Å²) in [6.07, 6.45) is -5.25. The summed E-state index contributed by atoms with van der Waals surface area (Å²) in [4.78, 5) is 40.4. The molecule has 1 aromatic carbocycles. The van der Waals surface area contributed by atoms with Crippen molar-refractivity contribution in [3.8, 4) is 5.75 Å². The summed E-state index contributed by atoms with van der Waals surface area (Å²) < 4.78 is 49.0. The number of allylic oxidation sites excluding steroid dienone is 1. The molecule has 32 heavy (non-hydrogen) atoms. The third-order valence-corrected chi connectivity index (χ3v) is 5.73. The van der Waals surface area contributed by atoms with E-state index in [9.17, 15) is 27.6 Å². The zero-order valence-corrected chi connectivity index (χ0v) is 18.7. The van der Waals surface area contributed by atoms with E-state index in [4.69, 9.17) is 4.74 Å². The topological polar surface area (TPSA) is 75.7 Å². The number of nitrogens with one attached hydrogen (secondary N) is 1. The van der Waals surface area contributed by atoms with E-state index in [0.717, 1.165) is 4.90 Å². The van der Waals surface area contributed by atoms with Crippen molar-refractivity contribution in [2.24, 2.45) is 11.3 Å². The molecular formula is C23H27F3N2O4. The fraction of sp³-hybridized carbons (Fsp3) is 0.522. The normalized spacial score (nSPS) is 23.0. The number of carbonyl (C=O) groups is 3. The van der Waals surface area contributed by atoms with Gasteiger partial charge in [0.1, 0.15) is 5.75 Å². The highest BCUT2D eigenvalue weighted by Gasteiger charge is 2.71. The second kappa shape index (κ2) is 7.94. The van der Waals surface area contributed by atoms with Gasteiger partial charge in [0.15, 0.2) is 5.78 Å². The van der Waals surface area contributed by atoms with E-state index in [0.29, 0.717) is 0 Å². The summed E-state index contributed by atoms with van der Waals surface area (Å²) in [6.45, 7) is 7.09. The van der Waals surface area contributed by atoms with Crippen LogP contribution < -0.4 is 10.1 Å². The minimum absolute atomic E-state index is 0.00782. The number of methoxy groups -OCH3 is 1. The Hall–Kier alpha value is -2.84. The Balaban J connectivity index is 2.18. The van der Waals surface area contributed by atoms with Gasteiger partial charge in [-0.25, -0.2) is 0 Å². The first-order chi connectivity index (χ1) is 14.7. The van der Waals surface area contributed by atoms with Gasteiger partial charge in [-0.2, -0.15) is 13.2 Å². The lowest BCUT2D eigenvalue weighted by Crippen LogP contribution is -2.66. The highest BCUT2D eigenvalue weighted by Crippen LogP contribution is 2.51. The van der Waals surface area contributed by atoms with Crippen LogP contribution in [0.25, 0.3) is 0 Å². The molecule has 0 aromatic heterocycles. The zero-order valence-electron chi connectivity index (χ0n) is 18.7. The van der Waals surface area contributed by atoms with Gasteiger partial charge in [0.05, 0.1) is 12.7 Å². The molecule has 2 aliphatic rings. The molecule has 0 spiro atoms. The monoisotopic (exact) mass is 452 g/mol. The van der Waals surface area contributed by atoms with Gasteiger partial charge in [-0.05, 0) is 36.0 Å². The Bertz CT molecular complexity index is 997. The van der Waals surface area contributed by atoms with Crippen molar-refractivity contribution in [3.63, 3.8) is 0 Å². The molecule has 1 aliphatic heterocycles. The second-order valence-electron chi connectivity index (χ2n) is 9.51. The van der Waals surface area contributed by atoms with E-state index < -0.39 is 40.3 Å². The van der Waals surface area contributed by atoms with E-state index in [-0.39, 0.29) is 42.3 Å². The van der Waals surface area contributed by atoms with E-state index in [1.807, 2.05) is 5.32 Å². The highest BCUT2D eigenvalue weighted by molar-refractivity contribution is 6.14.